The molecule has 1 amide bonds. The summed E-state index contributed by atoms with van der Waals surface area (Å²) >= 11 is 1.62. The Morgan fingerprint density at radius 3 is 2.43 bits per heavy atom. The van der Waals surface area contributed by atoms with Crippen LogP contribution in [0.4, 0.5) is 4.39 Å². The highest BCUT2D eigenvalue weighted by molar-refractivity contribution is 8.00. The maximum Gasteiger partial charge on any atom is 0.232 e. The Labute approximate surface area is 169 Å². The number of likely N-dealkylation sites (tertiary alicyclic amines) is 1. The number of hydrogen-bond acceptors (Lipinski definition) is 2. The zero-order chi connectivity index (χ0) is 19.3. The van der Waals surface area contributed by atoms with Crippen LogP contribution in [0.1, 0.15) is 31.2 Å². The van der Waals surface area contributed by atoms with Crippen LogP contribution >= 0.6 is 11.8 Å². The van der Waals surface area contributed by atoms with Gasteiger partial charge in [0.25, 0.3) is 0 Å². The second kappa shape index (κ2) is 8.82. The Bertz CT molecular complexity index is 943. The highest BCUT2D eigenvalue weighted by Gasteiger charge is 2.17. The first-order valence-electron chi connectivity index (χ1n) is 9.93. The van der Waals surface area contributed by atoms with Gasteiger partial charge in [-0.1, -0.05) is 43.2 Å². The molecule has 0 spiro atoms. The van der Waals surface area contributed by atoms with Crippen molar-refractivity contribution in [2.24, 2.45) is 0 Å². The van der Waals surface area contributed by atoms with Crippen molar-refractivity contribution in [3.63, 3.8) is 0 Å². The van der Waals surface area contributed by atoms with Gasteiger partial charge in [0, 0.05) is 41.6 Å². The molecule has 0 bridgehead atoms. The topological polar surface area (TPSA) is 25.2 Å². The smallest absolute Gasteiger partial charge is 0.232 e. The molecule has 1 saturated heterocycles. The molecule has 0 atom stereocenters. The molecule has 3 nitrogen and oxygen atoms in total. The van der Waals surface area contributed by atoms with E-state index in [0.29, 0.717) is 12.3 Å². The number of amides is 1. The first-order valence-corrected chi connectivity index (χ1v) is 10.9. The zero-order valence-electron chi connectivity index (χ0n) is 15.9. The zero-order valence-corrected chi connectivity index (χ0v) is 16.8. The maximum atomic E-state index is 13.2. The number of thioether (sulfide) groups is 1. The van der Waals surface area contributed by atoms with Gasteiger partial charge in [0.1, 0.15) is 5.82 Å². The van der Waals surface area contributed by atoms with Crippen molar-refractivity contribution in [2.75, 3.05) is 18.8 Å². The van der Waals surface area contributed by atoms with Crippen molar-refractivity contribution < 1.29 is 9.18 Å². The number of carbonyl (C=O) groups excluding carboxylic acids is 1. The molecule has 0 unspecified atom stereocenters. The number of rotatable bonds is 5. The summed E-state index contributed by atoms with van der Waals surface area (Å²) in [6.07, 6.45) is 6.82. The Kier molecular flexibility index (Phi) is 6.01. The molecule has 0 N–H and O–H groups in total. The molecule has 2 heterocycles. The van der Waals surface area contributed by atoms with Crippen LogP contribution in [0.25, 0.3) is 10.9 Å². The number of hydrogen-bond donors (Lipinski definition) is 0. The van der Waals surface area contributed by atoms with Crippen LogP contribution in [0, 0.1) is 5.82 Å². The molecule has 0 radical (unpaired) electrons. The van der Waals surface area contributed by atoms with Gasteiger partial charge in [-0.2, -0.15) is 0 Å². The summed E-state index contributed by atoms with van der Waals surface area (Å²) in [4.78, 5) is 15.8. The highest BCUT2D eigenvalue weighted by Crippen LogP contribution is 2.31. The normalized spacial score (nSPS) is 15.0. The van der Waals surface area contributed by atoms with Crippen LogP contribution in [0.5, 0.6) is 0 Å². The van der Waals surface area contributed by atoms with E-state index in [1.807, 2.05) is 29.2 Å². The fourth-order valence-corrected chi connectivity index (χ4v) is 4.79. The third-order valence-corrected chi connectivity index (χ3v) is 6.36. The summed E-state index contributed by atoms with van der Waals surface area (Å²) in [5.41, 5.74) is 2.19. The third kappa shape index (κ3) is 4.41. The fraction of sp³-hybridized carbons (Fsp3) is 0.348. The molecule has 4 rings (SSSR count). The lowest BCUT2D eigenvalue weighted by atomic mass is 10.2. The summed E-state index contributed by atoms with van der Waals surface area (Å²) in [5.74, 6) is 0.497. The second-order valence-corrected chi connectivity index (χ2v) is 8.37. The molecule has 28 heavy (non-hydrogen) atoms. The van der Waals surface area contributed by atoms with Gasteiger partial charge < -0.3 is 9.47 Å². The van der Waals surface area contributed by atoms with E-state index in [9.17, 15) is 9.18 Å². The van der Waals surface area contributed by atoms with Crippen molar-refractivity contribution in [2.45, 2.75) is 37.1 Å². The minimum Gasteiger partial charge on any atom is -0.342 e. The highest BCUT2D eigenvalue weighted by atomic mass is 32.2. The number of para-hydroxylation sites is 1. The molecule has 0 aliphatic carbocycles. The summed E-state index contributed by atoms with van der Waals surface area (Å²) < 4.78 is 15.4. The van der Waals surface area contributed by atoms with Gasteiger partial charge in [0.15, 0.2) is 0 Å². The number of halogens is 1. The summed E-state index contributed by atoms with van der Waals surface area (Å²) in [6, 6.07) is 14.9. The van der Waals surface area contributed by atoms with Crippen molar-refractivity contribution in [1.29, 1.82) is 0 Å². The molecule has 146 valence electrons. The molecule has 1 aliphatic heterocycles. The van der Waals surface area contributed by atoms with Crippen molar-refractivity contribution in [3.05, 3.63) is 66.1 Å². The van der Waals surface area contributed by atoms with Gasteiger partial charge in [-0.3, -0.25) is 4.79 Å². The average molecular weight is 397 g/mol. The third-order valence-electron chi connectivity index (χ3n) is 5.33. The van der Waals surface area contributed by atoms with Crippen LogP contribution < -0.4 is 0 Å². The number of fused-ring (bicyclic) bond motifs is 1. The molecule has 5 heteroatoms. The van der Waals surface area contributed by atoms with E-state index in [4.69, 9.17) is 0 Å². The molecular formula is C23H25FN2OS. The van der Waals surface area contributed by atoms with Gasteiger partial charge in [0.05, 0.1) is 5.75 Å². The van der Waals surface area contributed by atoms with Crippen LogP contribution in [0.3, 0.4) is 0 Å². The van der Waals surface area contributed by atoms with E-state index in [2.05, 4.69) is 22.9 Å². The van der Waals surface area contributed by atoms with Gasteiger partial charge >= 0.3 is 0 Å². The number of benzene rings is 2. The largest absolute Gasteiger partial charge is 0.342 e. The summed E-state index contributed by atoms with van der Waals surface area (Å²) in [5, 5.41) is 1.17. The summed E-state index contributed by atoms with van der Waals surface area (Å²) in [6.45, 7) is 2.47. The Balaban J connectivity index is 1.51. The van der Waals surface area contributed by atoms with Crippen molar-refractivity contribution in [1.82, 2.24) is 9.47 Å². The lowest BCUT2D eigenvalue weighted by Crippen LogP contribution is -2.33. The predicted octanol–water partition coefficient (Wildman–Crippen LogP) is 5.32. The monoisotopic (exact) mass is 396 g/mol. The van der Waals surface area contributed by atoms with Crippen LogP contribution in [0.15, 0.2) is 59.6 Å². The lowest BCUT2D eigenvalue weighted by Gasteiger charge is -2.19. The Morgan fingerprint density at radius 1 is 0.964 bits per heavy atom. The Morgan fingerprint density at radius 2 is 1.68 bits per heavy atom. The Hall–Kier alpha value is -2.27. The molecule has 2 aromatic carbocycles. The standard InChI is InChI=1S/C23H25FN2OS/c24-19-11-9-18(10-12-19)15-26-16-22(20-7-3-4-8-21(20)26)28-17-23(27)25-13-5-1-2-6-14-25/h3-4,7-12,16H,1-2,5-6,13-15,17H2. The molecule has 3 aromatic rings. The molecule has 1 fully saturated rings. The fourth-order valence-electron chi connectivity index (χ4n) is 3.80. The first kappa shape index (κ1) is 19.1. The summed E-state index contributed by atoms with van der Waals surface area (Å²) in [7, 11) is 0. The van der Waals surface area contributed by atoms with Gasteiger partial charge in [-0.15, -0.1) is 11.8 Å². The van der Waals surface area contributed by atoms with Gasteiger partial charge in [-0.05, 0) is 36.6 Å². The minimum atomic E-state index is -0.218. The molecular weight excluding hydrogens is 371 g/mol. The number of carbonyl (C=O) groups is 1. The van der Waals surface area contributed by atoms with E-state index in [0.717, 1.165) is 41.9 Å². The SMILES string of the molecule is O=C(CSc1cn(Cc2ccc(F)cc2)c2ccccc12)N1CCCCCC1. The first-order chi connectivity index (χ1) is 13.7. The number of nitrogens with zero attached hydrogens (tertiary/aromatic N) is 2. The predicted molar refractivity (Wildman–Crippen MR) is 113 cm³/mol. The van der Waals surface area contributed by atoms with E-state index in [1.165, 1.54) is 30.4 Å². The van der Waals surface area contributed by atoms with E-state index in [1.54, 1.807) is 11.8 Å². The van der Waals surface area contributed by atoms with Crippen LogP contribution in [0.2, 0.25) is 0 Å². The van der Waals surface area contributed by atoms with Crippen molar-refractivity contribution in [3.8, 4) is 0 Å². The maximum absolute atomic E-state index is 13.2. The van der Waals surface area contributed by atoms with Gasteiger partial charge in [-0.25, -0.2) is 4.39 Å². The number of aromatic nitrogens is 1. The minimum absolute atomic E-state index is 0.218. The van der Waals surface area contributed by atoms with E-state index >= 15 is 0 Å². The average Bonchev–Trinajstić information content (AvgIpc) is 2.88. The molecule has 0 saturated carbocycles. The van der Waals surface area contributed by atoms with Gasteiger partial charge in [0.2, 0.25) is 5.91 Å². The quantitative estimate of drug-likeness (QED) is 0.545. The van der Waals surface area contributed by atoms with Crippen molar-refractivity contribution >= 4 is 28.6 Å². The second-order valence-electron chi connectivity index (χ2n) is 7.35. The lowest BCUT2D eigenvalue weighted by molar-refractivity contribution is -0.128. The molecule has 1 aliphatic rings. The van der Waals surface area contributed by atoms with Crippen LogP contribution in [-0.2, 0) is 11.3 Å². The van der Waals surface area contributed by atoms with E-state index in [-0.39, 0.29) is 11.7 Å². The van der Waals surface area contributed by atoms with E-state index < -0.39 is 0 Å². The molecule has 1 aromatic heterocycles. The van der Waals surface area contributed by atoms with Crippen LogP contribution in [-0.4, -0.2) is 34.2 Å².